The summed E-state index contributed by atoms with van der Waals surface area (Å²) < 4.78 is 0. The monoisotopic (exact) mass is 293 g/mol. The van der Waals surface area contributed by atoms with Gasteiger partial charge in [0.25, 0.3) is 0 Å². The molecule has 0 aliphatic heterocycles. The van der Waals surface area contributed by atoms with E-state index in [1.807, 2.05) is 12.1 Å². The molecule has 1 atom stereocenters. The third-order valence-electron chi connectivity index (χ3n) is 3.56. The van der Waals surface area contributed by atoms with Gasteiger partial charge in [-0.2, -0.15) is 0 Å². The topological polar surface area (TPSA) is 26.0 Å². The Morgan fingerprint density at radius 1 is 1.29 bits per heavy atom. The van der Waals surface area contributed by atoms with Gasteiger partial charge in [-0.05, 0) is 49.3 Å². The van der Waals surface area contributed by atoms with Crippen molar-refractivity contribution in [1.82, 2.24) is 0 Å². The van der Waals surface area contributed by atoms with Crippen LogP contribution in [-0.2, 0) is 5.41 Å². The number of hydrogen-bond donors (Lipinski definition) is 1. The fraction of sp³-hybridized carbons (Fsp3) is 0.538. The van der Waals surface area contributed by atoms with E-state index in [-0.39, 0.29) is 23.9 Å². The lowest BCUT2D eigenvalue weighted by atomic mass is 9.61. The van der Waals surface area contributed by atoms with Crippen LogP contribution in [0.5, 0.6) is 0 Å². The second kappa shape index (κ2) is 5.79. The largest absolute Gasteiger partial charge is 0.328 e. The van der Waals surface area contributed by atoms with Gasteiger partial charge in [0, 0.05) is 6.04 Å². The highest BCUT2D eigenvalue weighted by atomic mass is 35.5. The van der Waals surface area contributed by atoms with Gasteiger partial charge in [-0.15, -0.1) is 12.4 Å². The molecule has 4 heteroatoms. The highest BCUT2D eigenvalue weighted by Crippen LogP contribution is 2.47. The van der Waals surface area contributed by atoms with Crippen molar-refractivity contribution in [2.24, 2.45) is 5.73 Å². The van der Waals surface area contributed by atoms with Crippen molar-refractivity contribution in [3.63, 3.8) is 0 Å². The third-order valence-corrected chi connectivity index (χ3v) is 4.29. The van der Waals surface area contributed by atoms with Crippen LogP contribution in [0.2, 0.25) is 10.0 Å². The normalized spacial score (nSPS) is 19.1. The molecule has 17 heavy (non-hydrogen) atoms. The Kier molecular flexibility index (Phi) is 5.15. The molecule has 1 nitrogen and oxygen atoms in total. The molecule has 0 saturated heterocycles. The van der Waals surface area contributed by atoms with Crippen LogP contribution in [0.25, 0.3) is 0 Å². The first-order valence-corrected chi connectivity index (χ1v) is 6.50. The van der Waals surface area contributed by atoms with Gasteiger partial charge in [-0.25, -0.2) is 0 Å². The first-order valence-electron chi connectivity index (χ1n) is 5.75. The van der Waals surface area contributed by atoms with E-state index in [0.29, 0.717) is 10.0 Å². The van der Waals surface area contributed by atoms with Crippen LogP contribution in [0.4, 0.5) is 0 Å². The Hall–Kier alpha value is 0.0500. The van der Waals surface area contributed by atoms with Gasteiger partial charge < -0.3 is 5.73 Å². The van der Waals surface area contributed by atoms with Crippen LogP contribution < -0.4 is 5.73 Å². The Labute approximate surface area is 119 Å². The van der Waals surface area contributed by atoms with Crippen LogP contribution in [0.15, 0.2) is 18.2 Å². The van der Waals surface area contributed by atoms with Gasteiger partial charge in [0.2, 0.25) is 0 Å². The molecule has 0 amide bonds. The second-order valence-electron chi connectivity index (χ2n) is 4.94. The van der Waals surface area contributed by atoms with Gasteiger partial charge >= 0.3 is 0 Å². The maximum absolute atomic E-state index is 6.07. The average Bonchev–Trinajstić information content (AvgIpc) is 2.16. The summed E-state index contributed by atoms with van der Waals surface area (Å²) in [6.45, 7) is 2.07. The molecule has 2 rings (SSSR count). The van der Waals surface area contributed by atoms with Crippen molar-refractivity contribution >= 4 is 35.6 Å². The van der Waals surface area contributed by atoms with E-state index in [1.165, 1.54) is 24.8 Å². The standard InChI is InChI=1S/C13H17Cl2N.ClH/c1-9(16)8-13(5-2-6-13)10-3-4-11(14)12(15)7-10;/h3-4,7,9H,2,5-6,8,16H2,1H3;1H. The number of hydrogen-bond acceptors (Lipinski definition) is 1. The number of rotatable bonds is 3. The van der Waals surface area contributed by atoms with E-state index in [2.05, 4.69) is 13.0 Å². The van der Waals surface area contributed by atoms with E-state index in [9.17, 15) is 0 Å². The number of nitrogens with two attached hydrogens (primary N) is 1. The molecule has 1 fully saturated rings. The molecule has 0 bridgehead atoms. The molecule has 0 aromatic heterocycles. The van der Waals surface area contributed by atoms with Crippen molar-refractivity contribution in [2.45, 2.75) is 44.1 Å². The van der Waals surface area contributed by atoms with Crippen molar-refractivity contribution in [3.05, 3.63) is 33.8 Å². The summed E-state index contributed by atoms with van der Waals surface area (Å²) in [6, 6.07) is 6.22. The van der Waals surface area contributed by atoms with Crippen LogP contribution in [0.1, 0.15) is 38.2 Å². The molecule has 0 spiro atoms. The fourth-order valence-corrected chi connectivity index (χ4v) is 2.95. The SMILES string of the molecule is CC(N)CC1(c2ccc(Cl)c(Cl)c2)CCC1.Cl. The highest BCUT2D eigenvalue weighted by molar-refractivity contribution is 6.42. The first kappa shape index (κ1) is 15.1. The molecular formula is C13H18Cl3N. The van der Waals surface area contributed by atoms with Gasteiger partial charge in [-0.3, -0.25) is 0 Å². The maximum atomic E-state index is 6.07. The van der Waals surface area contributed by atoms with E-state index >= 15 is 0 Å². The smallest absolute Gasteiger partial charge is 0.0595 e. The summed E-state index contributed by atoms with van der Waals surface area (Å²) in [5, 5.41) is 1.27. The Morgan fingerprint density at radius 2 is 1.94 bits per heavy atom. The molecule has 96 valence electrons. The average molecular weight is 295 g/mol. The van der Waals surface area contributed by atoms with Crippen LogP contribution >= 0.6 is 35.6 Å². The van der Waals surface area contributed by atoms with E-state index in [4.69, 9.17) is 28.9 Å². The van der Waals surface area contributed by atoms with Gasteiger partial charge in [0.05, 0.1) is 10.0 Å². The van der Waals surface area contributed by atoms with Gasteiger partial charge in [0.15, 0.2) is 0 Å². The predicted octanol–water partition coefficient (Wildman–Crippen LogP) is 4.57. The zero-order valence-electron chi connectivity index (χ0n) is 9.88. The zero-order chi connectivity index (χ0) is 11.8. The molecular weight excluding hydrogens is 277 g/mol. The highest BCUT2D eigenvalue weighted by Gasteiger charge is 2.39. The summed E-state index contributed by atoms with van der Waals surface area (Å²) in [6.07, 6.45) is 4.75. The molecule has 1 unspecified atom stereocenters. The molecule has 1 saturated carbocycles. The molecule has 1 aromatic rings. The molecule has 1 aliphatic rings. The van der Waals surface area contributed by atoms with Gasteiger partial charge in [-0.1, -0.05) is 35.7 Å². The molecule has 2 N–H and O–H groups in total. The van der Waals surface area contributed by atoms with E-state index < -0.39 is 0 Å². The van der Waals surface area contributed by atoms with Crippen molar-refractivity contribution in [2.75, 3.05) is 0 Å². The minimum atomic E-state index is 0. The minimum Gasteiger partial charge on any atom is -0.328 e. The van der Waals surface area contributed by atoms with E-state index in [0.717, 1.165) is 6.42 Å². The first-order chi connectivity index (χ1) is 7.53. The van der Waals surface area contributed by atoms with Crippen molar-refractivity contribution < 1.29 is 0 Å². The minimum absolute atomic E-state index is 0. The van der Waals surface area contributed by atoms with E-state index in [1.54, 1.807) is 0 Å². The number of halogens is 3. The lowest BCUT2D eigenvalue weighted by molar-refractivity contribution is 0.213. The second-order valence-corrected chi connectivity index (χ2v) is 5.76. The predicted molar refractivity (Wildman–Crippen MR) is 77.5 cm³/mol. The Morgan fingerprint density at radius 3 is 2.35 bits per heavy atom. The summed E-state index contributed by atoms with van der Waals surface area (Å²) >= 11 is 12.0. The van der Waals surface area contributed by atoms with Crippen LogP contribution in [-0.4, -0.2) is 6.04 Å². The molecule has 1 aromatic carbocycles. The molecule has 0 radical (unpaired) electrons. The Bertz CT molecular complexity index is 386. The maximum Gasteiger partial charge on any atom is 0.0595 e. The summed E-state index contributed by atoms with van der Waals surface area (Å²) in [5.74, 6) is 0. The summed E-state index contributed by atoms with van der Waals surface area (Å²) in [7, 11) is 0. The number of benzene rings is 1. The lowest BCUT2D eigenvalue weighted by Crippen LogP contribution is -2.39. The van der Waals surface area contributed by atoms with Crippen LogP contribution in [0, 0.1) is 0 Å². The fourth-order valence-electron chi connectivity index (χ4n) is 2.66. The van der Waals surface area contributed by atoms with Crippen molar-refractivity contribution in [3.8, 4) is 0 Å². The van der Waals surface area contributed by atoms with Crippen molar-refractivity contribution in [1.29, 1.82) is 0 Å². The molecule has 1 aliphatic carbocycles. The van der Waals surface area contributed by atoms with Gasteiger partial charge in [0.1, 0.15) is 0 Å². The quantitative estimate of drug-likeness (QED) is 0.868. The summed E-state index contributed by atoms with van der Waals surface area (Å²) in [4.78, 5) is 0. The summed E-state index contributed by atoms with van der Waals surface area (Å²) in [5.41, 5.74) is 7.48. The Balaban J connectivity index is 0.00000144. The zero-order valence-corrected chi connectivity index (χ0v) is 12.2. The lowest BCUT2D eigenvalue weighted by Gasteiger charge is -2.44. The molecule has 0 heterocycles. The van der Waals surface area contributed by atoms with Crippen LogP contribution in [0.3, 0.4) is 0 Å². The third kappa shape index (κ3) is 3.08.